The van der Waals surface area contributed by atoms with Gasteiger partial charge in [-0.25, -0.2) is 28.1 Å². The number of hydrogen-bond donors (Lipinski definition) is 3. The summed E-state index contributed by atoms with van der Waals surface area (Å²) in [4.78, 5) is 13.3. The van der Waals surface area contributed by atoms with Crippen LogP contribution < -0.4 is 10.6 Å². The summed E-state index contributed by atoms with van der Waals surface area (Å²) < 4.78 is 52.4. The van der Waals surface area contributed by atoms with E-state index in [1.165, 1.54) is 24.8 Å². The average Bonchev–Trinajstić information content (AvgIpc) is 3.55. The highest BCUT2D eigenvalue weighted by molar-refractivity contribution is 7.90. The van der Waals surface area contributed by atoms with Crippen LogP contribution in [0.5, 0.6) is 0 Å². The second-order valence-electron chi connectivity index (χ2n) is 10.6. The minimum atomic E-state index is -3.51. The molecule has 4 aromatic rings. The normalized spacial score (nSPS) is 18.7. The second kappa shape index (κ2) is 12.1. The van der Waals surface area contributed by atoms with E-state index in [1.54, 1.807) is 24.5 Å². The standard InChI is InChI=1S/C28H29F2N9O3S/c29-28(30)38-15-19(12-33-38)1-4-20-13-32-26(11-24(20)35-22-5-2-18(17-40)3-6-22)36-25-9-10-31-27(37-25)21-14-34-39(16-21)43(41,42)23-7-8-23/h9-16,18,22-23,28,40H,2-3,5-8,17H2,(H2,31,32,35,36,37). The van der Waals surface area contributed by atoms with Gasteiger partial charge in [-0.15, -0.1) is 0 Å². The Kier molecular flexibility index (Phi) is 8.04. The maximum Gasteiger partial charge on any atom is 0.333 e. The summed E-state index contributed by atoms with van der Waals surface area (Å²) in [6.45, 7) is -2.57. The van der Waals surface area contributed by atoms with Gasteiger partial charge in [0.15, 0.2) is 5.82 Å². The van der Waals surface area contributed by atoms with Gasteiger partial charge in [0, 0.05) is 37.3 Å². The van der Waals surface area contributed by atoms with Crippen molar-refractivity contribution in [2.24, 2.45) is 5.92 Å². The van der Waals surface area contributed by atoms with E-state index in [0.29, 0.717) is 63.3 Å². The lowest BCUT2D eigenvalue weighted by Gasteiger charge is -2.29. The van der Waals surface area contributed by atoms with E-state index in [4.69, 9.17) is 0 Å². The first-order chi connectivity index (χ1) is 20.8. The van der Waals surface area contributed by atoms with Crippen molar-refractivity contribution in [2.45, 2.75) is 56.4 Å². The van der Waals surface area contributed by atoms with E-state index in [1.807, 2.05) is 0 Å². The molecular weight excluding hydrogens is 580 g/mol. The number of pyridine rings is 1. The molecule has 2 saturated carbocycles. The van der Waals surface area contributed by atoms with Crippen LogP contribution in [-0.2, 0) is 10.0 Å². The fraction of sp³-hybridized carbons (Fsp3) is 0.393. The minimum absolute atomic E-state index is 0.161. The van der Waals surface area contributed by atoms with Crippen LogP contribution in [0.3, 0.4) is 0 Å². The zero-order chi connectivity index (χ0) is 30.0. The molecule has 4 heterocycles. The summed E-state index contributed by atoms with van der Waals surface area (Å²) in [6, 6.07) is 3.62. The van der Waals surface area contributed by atoms with Gasteiger partial charge < -0.3 is 15.7 Å². The summed E-state index contributed by atoms with van der Waals surface area (Å²) in [7, 11) is -3.51. The topological polar surface area (TPSA) is 153 Å². The molecule has 0 atom stereocenters. The number of alkyl halides is 2. The molecule has 0 bridgehead atoms. The van der Waals surface area contributed by atoms with Crippen molar-refractivity contribution in [3.05, 3.63) is 60.4 Å². The van der Waals surface area contributed by atoms with Gasteiger partial charge >= 0.3 is 6.55 Å². The van der Waals surface area contributed by atoms with Crippen LogP contribution in [0.15, 0.2) is 49.3 Å². The van der Waals surface area contributed by atoms with E-state index in [9.17, 15) is 22.3 Å². The lowest BCUT2D eigenvalue weighted by Crippen LogP contribution is -2.27. The van der Waals surface area contributed by atoms with Crippen molar-refractivity contribution >= 4 is 27.3 Å². The third kappa shape index (κ3) is 6.65. The van der Waals surface area contributed by atoms with E-state index < -0.39 is 21.8 Å². The first-order valence-corrected chi connectivity index (χ1v) is 15.4. The average molecular weight is 610 g/mol. The first kappa shape index (κ1) is 28.7. The number of aromatic nitrogens is 7. The van der Waals surface area contributed by atoms with Gasteiger partial charge in [0.2, 0.25) is 0 Å². The maximum atomic E-state index is 12.9. The van der Waals surface area contributed by atoms with E-state index in [2.05, 4.69) is 47.6 Å². The van der Waals surface area contributed by atoms with Gasteiger partial charge in [-0.05, 0) is 50.5 Å². The molecule has 0 aliphatic heterocycles. The van der Waals surface area contributed by atoms with Gasteiger partial charge in [0.05, 0.1) is 46.2 Å². The fourth-order valence-corrected chi connectivity index (χ4v) is 6.35. The van der Waals surface area contributed by atoms with Gasteiger partial charge in [0.1, 0.15) is 11.6 Å². The molecule has 0 aromatic carbocycles. The van der Waals surface area contributed by atoms with Gasteiger partial charge in [-0.1, -0.05) is 11.8 Å². The van der Waals surface area contributed by atoms with Crippen molar-refractivity contribution in [3.8, 4) is 23.2 Å². The molecule has 43 heavy (non-hydrogen) atoms. The molecule has 4 aromatic heterocycles. The lowest BCUT2D eigenvalue weighted by molar-refractivity contribution is 0.0566. The van der Waals surface area contributed by atoms with Gasteiger partial charge in [-0.2, -0.15) is 23.1 Å². The second-order valence-corrected chi connectivity index (χ2v) is 12.7. The number of nitrogens with one attached hydrogen (secondary N) is 2. The molecule has 2 fully saturated rings. The maximum absolute atomic E-state index is 12.9. The van der Waals surface area contributed by atoms with Gasteiger partial charge in [0.25, 0.3) is 10.0 Å². The highest BCUT2D eigenvalue weighted by Crippen LogP contribution is 2.31. The van der Waals surface area contributed by atoms with E-state index in [-0.39, 0.29) is 12.6 Å². The molecule has 2 aliphatic carbocycles. The van der Waals surface area contributed by atoms with Crippen LogP contribution in [0.25, 0.3) is 11.4 Å². The Morgan fingerprint density at radius 3 is 2.53 bits per heavy atom. The zero-order valence-electron chi connectivity index (χ0n) is 22.9. The van der Waals surface area contributed by atoms with Crippen molar-refractivity contribution in [1.82, 2.24) is 33.9 Å². The number of aliphatic hydroxyl groups excluding tert-OH is 1. The predicted molar refractivity (Wildman–Crippen MR) is 154 cm³/mol. The highest BCUT2D eigenvalue weighted by atomic mass is 32.2. The smallest absolute Gasteiger partial charge is 0.333 e. The molecule has 12 nitrogen and oxygen atoms in total. The Morgan fingerprint density at radius 2 is 1.81 bits per heavy atom. The Hall–Kier alpha value is -4.42. The summed E-state index contributed by atoms with van der Waals surface area (Å²) >= 11 is 0. The molecule has 0 saturated heterocycles. The fourth-order valence-electron chi connectivity index (χ4n) is 4.88. The van der Waals surface area contributed by atoms with Crippen molar-refractivity contribution in [2.75, 3.05) is 17.2 Å². The summed E-state index contributed by atoms with van der Waals surface area (Å²) in [5, 5.41) is 23.5. The van der Waals surface area contributed by atoms with Crippen LogP contribution in [0.1, 0.15) is 56.2 Å². The molecule has 15 heteroatoms. The van der Waals surface area contributed by atoms with Crippen LogP contribution in [0, 0.1) is 17.8 Å². The third-order valence-electron chi connectivity index (χ3n) is 7.45. The summed E-state index contributed by atoms with van der Waals surface area (Å²) in [5.74, 6) is 7.39. The van der Waals surface area contributed by atoms with Crippen molar-refractivity contribution in [3.63, 3.8) is 0 Å². The molecule has 0 radical (unpaired) electrons. The lowest BCUT2D eigenvalue weighted by atomic mass is 9.86. The van der Waals surface area contributed by atoms with E-state index in [0.717, 1.165) is 29.8 Å². The number of rotatable bonds is 9. The molecule has 224 valence electrons. The molecule has 0 spiro atoms. The van der Waals surface area contributed by atoms with Gasteiger partial charge in [-0.3, -0.25) is 0 Å². The molecule has 0 amide bonds. The third-order valence-corrected chi connectivity index (χ3v) is 9.48. The van der Waals surface area contributed by atoms with Crippen LogP contribution in [0.4, 0.5) is 26.1 Å². The number of anilines is 3. The molecule has 6 rings (SSSR count). The van der Waals surface area contributed by atoms with Crippen LogP contribution >= 0.6 is 0 Å². The minimum Gasteiger partial charge on any atom is -0.396 e. The molecule has 2 aliphatic rings. The Balaban J connectivity index is 1.24. The zero-order valence-corrected chi connectivity index (χ0v) is 23.8. The largest absolute Gasteiger partial charge is 0.396 e. The first-order valence-electron chi connectivity index (χ1n) is 13.9. The van der Waals surface area contributed by atoms with E-state index >= 15 is 0 Å². The van der Waals surface area contributed by atoms with Crippen LogP contribution in [0.2, 0.25) is 0 Å². The molecular formula is C28H29F2N9O3S. The van der Waals surface area contributed by atoms with Crippen LogP contribution in [-0.4, -0.2) is 65.3 Å². The Bertz CT molecular complexity index is 1770. The summed E-state index contributed by atoms with van der Waals surface area (Å²) in [5.41, 5.74) is 2.09. The number of halogens is 2. The number of aliphatic hydroxyl groups is 1. The molecule has 0 unspecified atom stereocenters. The highest BCUT2D eigenvalue weighted by Gasteiger charge is 2.37. The predicted octanol–water partition coefficient (Wildman–Crippen LogP) is 3.77. The van der Waals surface area contributed by atoms with Crippen molar-refractivity contribution < 1.29 is 22.3 Å². The number of nitrogens with zero attached hydrogens (tertiary/aromatic N) is 7. The monoisotopic (exact) mass is 609 g/mol. The Labute approximate surface area is 246 Å². The van der Waals surface area contributed by atoms with Crippen molar-refractivity contribution in [1.29, 1.82) is 0 Å². The molecule has 3 N–H and O–H groups in total. The quantitative estimate of drug-likeness (QED) is 0.239. The number of hydrogen-bond acceptors (Lipinski definition) is 10. The summed E-state index contributed by atoms with van der Waals surface area (Å²) in [6.07, 6.45) is 13.3. The SMILES string of the molecule is O=S(=O)(C1CC1)n1cc(-c2nccc(Nc3cc(NC4CCC(CO)CC4)c(C#Cc4cnn(C(F)F)c4)cn3)n2)cn1. The Morgan fingerprint density at radius 1 is 1.00 bits per heavy atom.